The number of rotatable bonds is 10. The Hall–Kier alpha value is -3.06. The molecule has 0 aliphatic carbocycles. The fraction of sp³-hybridized carbons (Fsp3) is 0.391. The van der Waals surface area contributed by atoms with E-state index < -0.39 is 6.10 Å². The third kappa shape index (κ3) is 5.73. The summed E-state index contributed by atoms with van der Waals surface area (Å²) in [5.41, 5.74) is 2.58. The van der Waals surface area contributed by atoms with Gasteiger partial charge in [-0.15, -0.1) is 0 Å². The smallest absolute Gasteiger partial charge is 0.335 e. The zero-order valence-corrected chi connectivity index (χ0v) is 17.8. The van der Waals surface area contributed by atoms with Crippen molar-refractivity contribution in [3.63, 3.8) is 0 Å². The van der Waals surface area contributed by atoms with E-state index in [-0.39, 0.29) is 12.1 Å². The van der Waals surface area contributed by atoms with Crippen LogP contribution in [0.1, 0.15) is 19.4 Å². The second-order valence-corrected chi connectivity index (χ2v) is 7.28. The first-order valence-corrected chi connectivity index (χ1v) is 9.98. The molecule has 3 rings (SSSR count). The minimum atomic E-state index is -0.619. The normalized spacial score (nSPS) is 12.2. The molecule has 1 atom stereocenters. The maximum atomic E-state index is 11.9. The largest absolute Gasteiger partial charge is 0.492 e. The van der Waals surface area contributed by atoms with Gasteiger partial charge in [0.25, 0.3) is 6.01 Å². The lowest BCUT2D eigenvalue weighted by Gasteiger charge is -2.18. The molecule has 7 nitrogen and oxygen atoms in total. The first kappa shape index (κ1) is 21.6. The monoisotopic (exact) mass is 412 g/mol. The van der Waals surface area contributed by atoms with Gasteiger partial charge in [0.1, 0.15) is 17.9 Å². The molecule has 7 heteroatoms. The maximum absolute atomic E-state index is 11.9. The number of carbonyl (C=O) groups excluding carboxylic acids is 1. The zero-order chi connectivity index (χ0) is 21.5. The number of ether oxygens (including phenoxy) is 3. The van der Waals surface area contributed by atoms with E-state index in [1.807, 2.05) is 74.3 Å². The van der Waals surface area contributed by atoms with E-state index >= 15 is 0 Å². The van der Waals surface area contributed by atoms with E-state index in [0.29, 0.717) is 25.6 Å². The first-order valence-electron chi connectivity index (χ1n) is 9.98. The quantitative estimate of drug-likeness (QED) is 0.468. The molecule has 0 radical (unpaired) electrons. The lowest BCUT2D eigenvalue weighted by atomic mass is 10.1. The molecule has 0 amide bonds. The third-order valence-corrected chi connectivity index (χ3v) is 4.55. The molecule has 0 N–H and O–H groups in total. The summed E-state index contributed by atoms with van der Waals surface area (Å²) in [5.74, 6) is 0.385. The van der Waals surface area contributed by atoms with Crippen molar-refractivity contribution in [2.45, 2.75) is 32.5 Å². The number of oxazole rings is 1. The van der Waals surface area contributed by atoms with Gasteiger partial charge >= 0.3 is 5.97 Å². The van der Waals surface area contributed by atoms with Gasteiger partial charge in [-0.25, -0.2) is 4.79 Å². The summed E-state index contributed by atoms with van der Waals surface area (Å²) in [6, 6.07) is 15.9. The molecular weight excluding hydrogens is 384 g/mol. The standard InChI is InChI=1S/C23H28N2O5/c1-16(2)29-21(22(26)27-4)15-17-9-11-18(12-10-17)28-14-13-25(3)23-24-19-7-5-6-8-20(19)30-23/h5-12,16,21H,13-15H2,1-4H3. The molecule has 0 saturated heterocycles. The van der Waals surface area contributed by atoms with Crippen LogP contribution in [0, 0.1) is 0 Å². The number of likely N-dealkylation sites (N-methyl/N-ethyl adjacent to an activating group) is 1. The topological polar surface area (TPSA) is 74.0 Å². The highest BCUT2D eigenvalue weighted by molar-refractivity contribution is 5.75. The number of aromatic nitrogens is 1. The number of hydrogen-bond acceptors (Lipinski definition) is 7. The van der Waals surface area contributed by atoms with E-state index in [1.54, 1.807) is 0 Å². The average Bonchev–Trinajstić information content (AvgIpc) is 3.18. The van der Waals surface area contributed by atoms with Crippen molar-refractivity contribution >= 4 is 23.1 Å². The first-order chi connectivity index (χ1) is 14.5. The predicted molar refractivity (Wildman–Crippen MR) is 115 cm³/mol. The number of anilines is 1. The summed E-state index contributed by atoms with van der Waals surface area (Å²) in [4.78, 5) is 18.3. The molecule has 30 heavy (non-hydrogen) atoms. The molecule has 160 valence electrons. The lowest BCUT2D eigenvalue weighted by molar-refractivity contribution is -0.156. The van der Waals surface area contributed by atoms with Crippen LogP contribution in [0.2, 0.25) is 0 Å². The Morgan fingerprint density at radius 2 is 1.87 bits per heavy atom. The van der Waals surface area contributed by atoms with Crippen LogP contribution in [0.5, 0.6) is 5.75 Å². The van der Waals surface area contributed by atoms with Crippen molar-refractivity contribution in [3.05, 3.63) is 54.1 Å². The van der Waals surface area contributed by atoms with Gasteiger partial charge in [-0.05, 0) is 43.7 Å². The van der Waals surface area contributed by atoms with Crippen LogP contribution in [-0.4, -0.2) is 50.5 Å². The fourth-order valence-corrected chi connectivity index (χ4v) is 3.00. The molecular formula is C23H28N2O5. The Morgan fingerprint density at radius 3 is 2.53 bits per heavy atom. The van der Waals surface area contributed by atoms with Crippen molar-refractivity contribution in [2.24, 2.45) is 0 Å². The van der Waals surface area contributed by atoms with Gasteiger partial charge < -0.3 is 23.5 Å². The molecule has 0 spiro atoms. The van der Waals surface area contributed by atoms with Crippen LogP contribution in [0.15, 0.2) is 52.9 Å². The summed E-state index contributed by atoms with van der Waals surface area (Å²) in [7, 11) is 3.28. The van der Waals surface area contributed by atoms with Gasteiger partial charge in [-0.1, -0.05) is 24.3 Å². The van der Waals surface area contributed by atoms with Gasteiger partial charge in [-0.3, -0.25) is 0 Å². The highest BCUT2D eigenvalue weighted by atomic mass is 16.6. The Labute approximate surface area is 176 Å². The Morgan fingerprint density at radius 1 is 1.13 bits per heavy atom. The van der Waals surface area contributed by atoms with Crippen molar-refractivity contribution in [1.82, 2.24) is 4.98 Å². The van der Waals surface area contributed by atoms with E-state index in [4.69, 9.17) is 18.6 Å². The highest BCUT2D eigenvalue weighted by Crippen LogP contribution is 2.21. The molecule has 0 saturated carbocycles. The number of para-hydroxylation sites is 2. The molecule has 0 aliphatic rings. The molecule has 0 aliphatic heterocycles. The summed E-state index contributed by atoms with van der Waals surface area (Å²) >= 11 is 0. The van der Waals surface area contributed by atoms with Crippen LogP contribution in [0.3, 0.4) is 0 Å². The van der Waals surface area contributed by atoms with E-state index in [2.05, 4.69) is 4.98 Å². The second-order valence-electron chi connectivity index (χ2n) is 7.28. The number of hydrogen-bond donors (Lipinski definition) is 0. The zero-order valence-electron chi connectivity index (χ0n) is 17.8. The van der Waals surface area contributed by atoms with Gasteiger partial charge in [-0.2, -0.15) is 4.98 Å². The predicted octanol–water partition coefficient (Wildman–Crippen LogP) is 3.85. The second kappa shape index (κ2) is 10.1. The van der Waals surface area contributed by atoms with E-state index in [0.717, 1.165) is 22.4 Å². The Kier molecular flexibility index (Phi) is 7.30. The van der Waals surface area contributed by atoms with Crippen LogP contribution in [-0.2, 0) is 20.7 Å². The minimum Gasteiger partial charge on any atom is -0.492 e. The van der Waals surface area contributed by atoms with Crippen molar-refractivity contribution < 1.29 is 23.4 Å². The van der Waals surface area contributed by atoms with Crippen molar-refractivity contribution in [2.75, 3.05) is 32.2 Å². The molecule has 0 fully saturated rings. The van der Waals surface area contributed by atoms with Crippen molar-refractivity contribution in [1.29, 1.82) is 0 Å². The number of esters is 1. The fourth-order valence-electron chi connectivity index (χ4n) is 3.00. The summed E-state index contributed by atoms with van der Waals surface area (Å²) in [6.07, 6.45) is -0.229. The van der Waals surface area contributed by atoms with Gasteiger partial charge in [0.15, 0.2) is 11.7 Å². The molecule has 1 heterocycles. The van der Waals surface area contributed by atoms with Crippen molar-refractivity contribution in [3.8, 4) is 5.75 Å². The van der Waals surface area contributed by atoms with Crippen LogP contribution in [0.4, 0.5) is 6.01 Å². The van der Waals surface area contributed by atoms with E-state index in [1.165, 1.54) is 7.11 Å². The van der Waals surface area contributed by atoms with Gasteiger partial charge in [0.2, 0.25) is 0 Å². The molecule has 2 aromatic carbocycles. The summed E-state index contributed by atoms with van der Waals surface area (Å²) in [5, 5.41) is 0. The average molecular weight is 412 g/mol. The molecule has 3 aromatic rings. The number of methoxy groups -OCH3 is 1. The maximum Gasteiger partial charge on any atom is 0.335 e. The minimum absolute atomic E-state index is 0.0602. The Bertz CT molecular complexity index is 919. The molecule has 1 unspecified atom stereocenters. The Balaban J connectivity index is 1.50. The van der Waals surface area contributed by atoms with Crippen LogP contribution < -0.4 is 9.64 Å². The summed E-state index contributed by atoms with van der Waals surface area (Å²) < 4.78 is 22.1. The van der Waals surface area contributed by atoms with Gasteiger partial charge in [0.05, 0.1) is 19.8 Å². The number of fused-ring (bicyclic) bond motifs is 1. The summed E-state index contributed by atoms with van der Waals surface area (Å²) in [6.45, 7) is 4.90. The number of carbonyl (C=O) groups is 1. The lowest BCUT2D eigenvalue weighted by Crippen LogP contribution is -2.30. The third-order valence-electron chi connectivity index (χ3n) is 4.55. The number of benzene rings is 2. The highest BCUT2D eigenvalue weighted by Gasteiger charge is 2.21. The van der Waals surface area contributed by atoms with E-state index in [9.17, 15) is 4.79 Å². The van der Waals surface area contributed by atoms with Crippen LogP contribution in [0.25, 0.3) is 11.1 Å². The SMILES string of the molecule is COC(=O)C(Cc1ccc(OCCN(C)c2nc3ccccc3o2)cc1)OC(C)C. The molecule has 1 aromatic heterocycles. The van der Waals surface area contributed by atoms with Gasteiger partial charge in [0, 0.05) is 13.5 Å². The van der Waals surface area contributed by atoms with Crippen LogP contribution >= 0.6 is 0 Å². The number of nitrogens with zero attached hydrogens (tertiary/aromatic N) is 2. The molecule has 0 bridgehead atoms.